The van der Waals surface area contributed by atoms with E-state index in [1.165, 1.54) is 36.8 Å². The third-order valence-corrected chi connectivity index (χ3v) is 2.71. The van der Waals surface area contributed by atoms with Crippen LogP contribution in [-0.2, 0) is 12.8 Å². The maximum atomic E-state index is 5.50. The standard InChI is InChI=1S/C12H17NO/c13-7-8-14-12-6-5-10-3-1-2-4-11(10)9-12/h5-6,9H,1-4,7-8,13H2. The lowest BCUT2D eigenvalue weighted by atomic mass is 9.92. The quantitative estimate of drug-likeness (QED) is 0.792. The Labute approximate surface area is 85.1 Å². The van der Waals surface area contributed by atoms with Crippen molar-refractivity contribution < 1.29 is 4.74 Å². The van der Waals surface area contributed by atoms with E-state index >= 15 is 0 Å². The van der Waals surface area contributed by atoms with Gasteiger partial charge in [0.2, 0.25) is 0 Å². The van der Waals surface area contributed by atoms with Gasteiger partial charge in [0, 0.05) is 6.54 Å². The van der Waals surface area contributed by atoms with Crippen molar-refractivity contribution in [3.05, 3.63) is 29.3 Å². The highest BCUT2D eigenvalue weighted by Crippen LogP contribution is 2.25. The zero-order chi connectivity index (χ0) is 9.80. The summed E-state index contributed by atoms with van der Waals surface area (Å²) in [5.41, 5.74) is 8.35. The molecular formula is C12H17NO. The number of rotatable bonds is 3. The molecule has 0 saturated heterocycles. The molecule has 2 nitrogen and oxygen atoms in total. The molecule has 0 heterocycles. The Kier molecular flexibility index (Phi) is 3.04. The van der Waals surface area contributed by atoms with Gasteiger partial charge in [0.25, 0.3) is 0 Å². The third-order valence-electron chi connectivity index (χ3n) is 2.71. The second kappa shape index (κ2) is 4.47. The van der Waals surface area contributed by atoms with Crippen molar-refractivity contribution in [2.24, 2.45) is 5.73 Å². The summed E-state index contributed by atoms with van der Waals surface area (Å²) in [6, 6.07) is 6.42. The fourth-order valence-corrected chi connectivity index (χ4v) is 1.98. The molecule has 2 heteroatoms. The van der Waals surface area contributed by atoms with Crippen LogP contribution in [0.4, 0.5) is 0 Å². The summed E-state index contributed by atoms with van der Waals surface area (Å²) in [5, 5.41) is 0. The molecule has 0 aliphatic heterocycles. The van der Waals surface area contributed by atoms with E-state index in [9.17, 15) is 0 Å². The fourth-order valence-electron chi connectivity index (χ4n) is 1.98. The van der Waals surface area contributed by atoms with E-state index in [0.29, 0.717) is 13.2 Å². The van der Waals surface area contributed by atoms with Gasteiger partial charge in [0.1, 0.15) is 12.4 Å². The summed E-state index contributed by atoms with van der Waals surface area (Å²) in [4.78, 5) is 0. The molecule has 1 aliphatic rings. The lowest BCUT2D eigenvalue weighted by molar-refractivity contribution is 0.327. The van der Waals surface area contributed by atoms with Crippen molar-refractivity contribution in [2.45, 2.75) is 25.7 Å². The predicted octanol–water partition coefficient (Wildman–Crippen LogP) is 1.90. The Morgan fingerprint density at radius 3 is 2.71 bits per heavy atom. The monoisotopic (exact) mass is 191 g/mol. The largest absolute Gasteiger partial charge is 0.492 e. The number of aryl methyl sites for hydroxylation is 2. The molecule has 1 aliphatic carbocycles. The molecule has 1 aromatic carbocycles. The normalized spacial score (nSPS) is 14.9. The van der Waals surface area contributed by atoms with Crippen molar-refractivity contribution in [1.29, 1.82) is 0 Å². The molecule has 2 N–H and O–H groups in total. The van der Waals surface area contributed by atoms with Crippen molar-refractivity contribution in [3.8, 4) is 5.75 Å². The Bertz CT molecular complexity index is 309. The zero-order valence-corrected chi connectivity index (χ0v) is 8.46. The van der Waals surface area contributed by atoms with Gasteiger partial charge in [-0.2, -0.15) is 0 Å². The second-order valence-corrected chi connectivity index (χ2v) is 3.77. The van der Waals surface area contributed by atoms with Gasteiger partial charge in [-0.15, -0.1) is 0 Å². The average Bonchev–Trinajstić information content (AvgIpc) is 2.26. The maximum absolute atomic E-state index is 5.50. The molecule has 2 rings (SSSR count). The first-order valence-corrected chi connectivity index (χ1v) is 5.35. The number of fused-ring (bicyclic) bond motifs is 1. The smallest absolute Gasteiger partial charge is 0.119 e. The first-order chi connectivity index (χ1) is 6.90. The summed E-state index contributed by atoms with van der Waals surface area (Å²) in [5.74, 6) is 0.969. The van der Waals surface area contributed by atoms with Gasteiger partial charge < -0.3 is 10.5 Å². The van der Waals surface area contributed by atoms with Crippen LogP contribution in [0.25, 0.3) is 0 Å². The van der Waals surface area contributed by atoms with Gasteiger partial charge in [0.15, 0.2) is 0 Å². The molecule has 14 heavy (non-hydrogen) atoms. The van der Waals surface area contributed by atoms with Crippen LogP contribution in [-0.4, -0.2) is 13.2 Å². The molecule has 1 aromatic rings. The highest BCUT2D eigenvalue weighted by molar-refractivity contribution is 5.37. The minimum atomic E-state index is 0.580. The SMILES string of the molecule is NCCOc1ccc2c(c1)CCCC2. The first kappa shape index (κ1) is 9.53. The molecule has 0 spiro atoms. The van der Waals surface area contributed by atoms with E-state index in [0.717, 1.165) is 5.75 Å². The fraction of sp³-hybridized carbons (Fsp3) is 0.500. The van der Waals surface area contributed by atoms with Crippen molar-refractivity contribution in [1.82, 2.24) is 0 Å². The summed E-state index contributed by atoms with van der Waals surface area (Å²) < 4.78 is 5.50. The van der Waals surface area contributed by atoms with Gasteiger partial charge in [-0.1, -0.05) is 6.07 Å². The molecule has 0 atom stereocenters. The van der Waals surface area contributed by atoms with Crippen molar-refractivity contribution >= 4 is 0 Å². The Balaban J connectivity index is 2.12. The molecular weight excluding hydrogens is 174 g/mol. The number of nitrogens with two attached hydrogens (primary N) is 1. The summed E-state index contributed by atoms with van der Waals surface area (Å²) in [6.07, 6.45) is 5.07. The minimum Gasteiger partial charge on any atom is -0.492 e. The summed E-state index contributed by atoms with van der Waals surface area (Å²) in [6.45, 7) is 1.19. The average molecular weight is 191 g/mol. The molecule has 76 valence electrons. The van der Waals surface area contributed by atoms with Crippen LogP contribution >= 0.6 is 0 Å². The maximum Gasteiger partial charge on any atom is 0.119 e. The Hall–Kier alpha value is -1.02. The number of ether oxygens (including phenoxy) is 1. The van der Waals surface area contributed by atoms with E-state index in [1.807, 2.05) is 0 Å². The van der Waals surface area contributed by atoms with Gasteiger partial charge in [-0.25, -0.2) is 0 Å². The Morgan fingerprint density at radius 2 is 1.93 bits per heavy atom. The van der Waals surface area contributed by atoms with E-state index in [-0.39, 0.29) is 0 Å². The number of hydrogen-bond donors (Lipinski definition) is 1. The number of hydrogen-bond acceptors (Lipinski definition) is 2. The Morgan fingerprint density at radius 1 is 1.14 bits per heavy atom. The molecule has 0 unspecified atom stereocenters. The van der Waals surface area contributed by atoms with Gasteiger partial charge >= 0.3 is 0 Å². The second-order valence-electron chi connectivity index (χ2n) is 3.77. The van der Waals surface area contributed by atoms with E-state index in [4.69, 9.17) is 10.5 Å². The molecule has 0 bridgehead atoms. The molecule has 0 aromatic heterocycles. The van der Waals surface area contributed by atoms with Crippen molar-refractivity contribution in [3.63, 3.8) is 0 Å². The minimum absolute atomic E-state index is 0.580. The summed E-state index contributed by atoms with van der Waals surface area (Å²) >= 11 is 0. The first-order valence-electron chi connectivity index (χ1n) is 5.35. The lowest BCUT2D eigenvalue weighted by Crippen LogP contribution is -2.11. The molecule has 0 amide bonds. The number of benzene rings is 1. The van der Waals surface area contributed by atoms with Crippen LogP contribution in [0.1, 0.15) is 24.0 Å². The van der Waals surface area contributed by atoms with Gasteiger partial charge in [-0.05, 0) is 48.9 Å². The van der Waals surface area contributed by atoms with Gasteiger partial charge in [-0.3, -0.25) is 0 Å². The van der Waals surface area contributed by atoms with E-state index < -0.39 is 0 Å². The third kappa shape index (κ3) is 2.07. The molecule has 0 saturated carbocycles. The van der Waals surface area contributed by atoms with E-state index in [2.05, 4.69) is 18.2 Å². The van der Waals surface area contributed by atoms with Crippen LogP contribution in [0.2, 0.25) is 0 Å². The lowest BCUT2D eigenvalue weighted by Gasteiger charge is -2.16. The molecule has 0 fully saturated rings. The topological polar surface area (TPSA) is 35.2 Å². The predicted molar refractivity (Wildman–Crippen MR) is 57.6 cm³/mol. The van der Waals surface area contributed by atoms with Crippen LogP contribution in [0.5, 0.6) is 5.75 Å². The van der Waals surface area contributed by atoms with Gasteiger partial charge in [0.05, 0.1) is 0 Å². The summed E-state index contributed by atoms with van der Waals surface area (Å²) in [7, 11) is 0. The van der Waals surface area contributed by atoms with Crippen LogP contribution < -0.4 is 10.5 Å². The van der Waals surface area contributed by atoms with Crippen LogP contribution in [0, 0.1) is 0 Å². The highest BCUT2D eigenvalue weighted by Gasteiger charge is 2.09. The highest BCUT2D eigenvalue weighted by atomic mass is 16.5. The van der Waals surface area contributed by atoms with E-state index in [1.54, 1.807) is 0 Å². The molecule has 0 radical (unpaired) electrons. The van der Waals surface area contributed by atoms with Crippen LogP contribution in [0.3, 0.4) is 0 Å². The van der Waals surface area contributed by atoms with Crippen molar-refractivity contribution in [2.75, 3.05) is 13.2 Å². The zero-order valence-electron chi connectivity index (χ0n) is 8.46. The van der Waals surface area contributed by atoms with Crippen LogP contribution in [0.15, 0.2) is 18.2 Å².